The van der Waals surface area contributed by atoms with Crippen LogP contribution in [0.2, 0.25) is 5.02 Å². The van der Waals surface area contributed by atoms with Crippen LogP contribution in [0.3, 0.4) is 0 Å². The summed E-state index contributed by atoms with van der Waals surface area (Å²) in [5, 5.41) is 0.820. The van der Waals surface area contributed by atoms with E-state index in [4.69, 9.17) is 11.6 Å². The minimum Gasteiger partial charge on any atom is -0.0993 e. The van der Waals surface area contributed by atoms with Gasteiger partial charge in [0.25, 0.3) is 0 Å². The van der Waals surface area contributed by atoms with Crippen LogP contribution in [0, 0.1) is 11.8 Å². The summed E-state index contributed by atoms with van der Waals surface area (Å²) >= 11 is 5.89. The van der Waals surface area contributed by atoms with Crippen LogP contribution in [-0.4, -0.2) is 0 Å². The van der Waals surface area contributed by atoms with Crippen molar-refractivity contribution in [2.45, 2.75) is 32.6 Å². The molecule has 0 spiro atoms. The van der Waals surface area contributed by atoms with Gasteiger partial charge in [-0.2, -0.15) is 0 Å². The van der Waals surface area contributed by atoms with E-state index in [2.05, 4.69) is 25.6 Å². The fraction of sp³-hybridized carbons (Fsp3) is 0.467. The average molecular weight is 235 g/mol. The van der Waals surface area contributed by atoms with Gasteiger partial charge in [-0.25, -0.2) is 0 Å². The lowest BCUT2D eigenvalue weighted by molar-refractivity contribution is 0.605. The van der Waals surface area contributed by atoms with Crippen molar-refractivity contribution in [3.8, 4) is 0 Å². The van der Waals surface area contributed by atoms with Crippen molar-refractivity contribution in [1.29, 1.82) is 0 Å². The van der Waals surface area contributed by atoms with Gasteiger partial charge in [0, 0.05) is 5.02 Å². The van der Waals surface area contributed by atoms with Gasteiger partial charge in [-0.1, -0.05) is 42.8 Å². The van der Waals surface area contributed by atoms with E-state index in [1.807, 2.05) is 12.1 Å². The summed E-state index contributed by atoms with van der Waals surface area (Å²) in [6.07, 6.45) is 5.01. The molecule has 0 saturated heterocycles. The molecule has 0 aromatic heterocycles. The first-order valence-electron chi connectivity index (χ1n) is 6.13. The third kappa shape index (κ3) is 2.49. The highest BCUT2D eigenvalue weighted by Crippen LogP contribution is 2.38. The fourth-order valence-corrected chi connectivity index (χ4v) is 2.84. The molecule has 16 heavy (non-hydrogen) atoms. The summed E-state index contributed by atoms with van der Waals surface area (Å²) in [7, 11) is 0. The van der Waals surface area contributed by atoms with Crippen LogP contribution in [0.15, 0.2) is 36.4 Å². The topological polar surface area (TPSA) is 0 Å². The third-order valence-electron chi connectivity index (χ3n) is 3.80. The first-order valence-corrected chi connectivity index (χ1v) is 6.51. The van der Waals surface area contributed by atoms with E-state index in [1.54, 1.807) is 0 Å². The molecule has 1 fully saturated rings. The van der Waals surface area contributed by atoms with Crippen molar-refractivity contribution in [2.75, 3.05) is 0 Å². The Morgan fingerprint density at radius 2 is 1.81 bits per heavy atom. The van der Waals surface area contributed by atoms with Crippen LogP contribution in [0.1, 0.15) is 31.7 Å². The monoisotopic (exact) mass is 234 g/mol. The molecule has 86 valence electrons. The van der Waals surface area contributed by atoms with E-state index >= 15 is 0 Å². The molecule has 0 nitrogen and oxygen atoms in total. The van der Waals surface area contributed by atoms with Gasteiger partial charge in [-0.3, -0.25) is 0 Å². The van der Waals surface area contributed by atoms with E-state index < -0.39 is 0 Å². The Hall–Kier alpha value is -0.750. The van der Waals surface area contributed by atoms with E-state index in [1.165, 1.54) is 30.4 Å². The maximum Gasteiger partial charge on any atom is 0.0406 e. The lowest BCUT2D eigenvalue weighted by atomic mass is 9.92. The van der Waals surface area contributed by atoms with Crippen LogP contribution in [0.5, 0.6) is 0 Å². The largest absolute Gasteiger partial charge is 0.0993 e. The minimum atomic E-state index is 0.686. The molecule has 0 aliphatic heterocycles. The van der Waals surface area contributed by atoms with Gasteiger partial charge in [0.05, 0.1) is 0 Å². The molecule has 0 N–H and O–H groups in total. The van der Waals surface area contributed by atoms with E-state index in [0.717, 1.165) is 17.4 Å². The third-order valence-corrected chi connectivity index (χ3v) is 4.05. The van der Waals surface area contributed by atoms with Crippen molar-refractivity contribution >= 4 is 11.6 Å². The van der Waals surface area contributed by atoms with Crippen molar-refractivity contribution in [3.05, 3.63) is 47.0 Å². The zero-order valence-electron chi connectivity index (χ0n) is 9.88. The Bertz CT molecular complexity index is 364. The van der Waals surface area contributed by atoms with Crippen molar-refractivity contribution in [3.63, 3.8) is 0 Å². The smallest absolute Gasteiger partial charge is 0.0406 e. The molecule has 0 amide bonds. The maximum atomic E-state index is 5.89. The number of benzene rings is 1. The summed E-state index contributed by atoms with van der Waals surface area (Å²) in [6.45, 7) is 6.54. The number of rotatable bonds is 3. The Morgan fingerprint density at radius 3 is 2.38 bits per heavy atom. The quantitative estimate of drug-likeness (QED) is 0.655. The van der Waals surface area contributed by atoms with Crippen LogP contribution in [0.4, 0.5) is 0 Å². The Labute approximate surface area is 103 Å². The number of hydrogen-bond donors (Lipinski definition) is 0. The first kappa shape index (κ1) is 11.7. The van der Waals surface area contributed by atoms with Gasteiger partial charge in [0.2, 0.25) is 0 Å². The molecule has 0 radical (unpaired) electrons. The molecule has 2 unspecified atom stereocenters. The lowest BCUT2D eigenvalue weighted by Gasteiger charge is -2.14. The maximum absolute atomic E-state index is 5.89. The Morgan fingerprint density at radius 1 is 1.19 bits per heavy atom. The van der Waals surface area contributed by atoms with E-state index in [-0.39, 0.29) is 0 Å². The minimum absolute atomic E-state index is 0.686. The summed E-state index contributed by atoms with van der Waals surface area (Å²) in [5.74, 6) is 1.45. The Kier molecular flexibility index (Phi) is 3.70. The second-order valence-corrected chi connectivity index (χ2v) is 5.22. The van der Waals surface area contributed by atoms with Gasteiger partial charge in [0.1, 0.15) is 0 Å². The SMILES string of the molecule is C=C1C(CC)CCC1Cc1ccc(Cl)cc1. The molecule has 1 heteroatoms. The molecular weight excluding hydrogens is 216 g/mol. The molecule has 1 aromatic carbocycles. The number of allylic oxidation sites excluding steroid dienone is 1. The molecular formula is C15H19Cl. The highest BCUT2D eigenvalue weighted by atomic mass is 35.5. The lowest BCUT2D eigenvalue weighted by Crippen LogP contribution is -2.03. The summed E-state index contributed by atoms with van der Waals surface area (Å²) in [4.78, 5) is 0. The highest BCUT2D eigenvalue weighted by molar-refractivity contribution is 6.30. The van der Waals surface area contributed by atoms with Crippen LogP contribution < -0.4 is 0 Å². The van der Waals surface area contributed by atoms with Crippen LogP contribution in [-0.2, 0) is 6.42 Å². The number of hydrogen-bond acceptors (Lipinski definition) is 0. The van der Waals surface area contributed by atoms with Gasteiger partial charge < -0.3 is 0 Å². The van der Waals surface area contributed by atoms with Crippen molar-refractivity contribution in [2.24, 2.45) is 11.8 Å². The average Bonchev–Trinajstić information content (AvgIpc) is 2.63. The molecule has 0 bridgehead atoms. The zero-order valence-corrected chi connectivity index (χ0v) is 10.6. The zero-order chi connectivity index (χ0) is 11.5. The summed E-state index contributed by atoms with van der Waals surface area (Å²) in [5.41, 5.74) is 2.85. The van der Waals surface area contributed by atoms with Crippen LogP contribution >= 0.6 is 11.6 Å². The molecule has 2 rings (SSSR count). The highest BCUT2D eigenvalue weighted by Gasteiger charge is 2.27. The fourth-order valence-electron chi connectivity index (χ4n) is 2.71. The molecule has 2 atom stereocenters. The van der Waals surface area contributed by atoms with E-state index in [9.17, 15) is 0 Å². The second kappa shape index (κ2) is 5.05. The van der Waals surface area contributed by atoms with Gasteiger partial charge in [-0.05, 0) is 55.2 Å². The molecule has 0 heterocycles. The summed E-state index contributed by atoms with van der Waals surface area (Å²) in [6, 6.07) is 8.22. The standard InChI is InChI=1S/C15H19Cl/c1-3-13-6-7-14(11(13)2)10-12-4-8-15(16)9-5-12/h4-5,8-9,13-14H,2-3,6-7,10H2,1H3. The van der Waals surface area contributed by atoms with Gasteiger partial charge >= 0.3 is 0 Å². The van der Waals surface area contributed by atoms with Crippen molar-refractivity contribution in [1.82, 2.24) is 0 Å². The second-order valence-electron chi connectivity index (χ2n) is 4.78. The Balaban J connectivity index is 2.01. The van der Waals surface area contributed by atoms with Gasteiger partial charge in [-0.15, -0.1) is 0 Å². The van der Waals surface area contributed by atoms with Crippen molar-refractivity contribution < 1.29 is 0 Å². The van der Waals surface area contributed by atoms with Gasteiger partial charge in [0.15, 0.2) is 0 Å². The molecule has 1 aromatic rings. The predicted molar refractivity (Wildman–Crippen MR) is 70.8 cm³/mol. The normalized spacial score (nSPS) is 25.0. The van der Waals surface area contributed by atoms with E-state index in [0.29, 0.717) is 5.92 Å². The molecule has 1 aliphatic carbocycles. The first-order chi connectivity index (χ1) is 7.70. The number of halogens is 1. The van der Waals surface area contributed by atoms with Crippen LogP contribution in [0.25, 0.3) is 0 Å². The summed E-state index contributed by atoms with van der Waals surface area (Å²) < 4.78 is 0. The molecule has 1 aliphatic rings. The predicted octanol–water partition coefficient (Wildman–Crippen LogP) is 4.87. The molecule has 1 saturated carbocycles.